The van der Waals surface area contributed by atoms with Crippen molar-refractivity contribution in [2.24, 2.45) is 0 Å². The molecule has 0 amide bonds. The number of aliphatic hydroxyl groups excluding tert-OH is 1. The first kappa shape index (κ1) is 14.9. The summed E-state index contributed by atoms with van der Waals surface area (Å²) < 4.78 is 4.92. The number of hydrogen-bond acceptors (Lipinski definition) is 5. The lowest BCUT2D eigenvalue weighted by molar-refractivity contribution is 0.0694. The Hall–Kier alpha value is -1.20. The van der Waals surface area contributed by atoms with Gasteiger partial charge in [-0.15, -0.1) is 0 Å². The second kappa shape index (κ2) is 6.66. The third kappa shape index (κ3) is 4.23. The van der Waals surface area contributed by atoms with E-state index in [0.29, 0.717) is 19.1 Å². The SMILES string of the molecule is COCC(O)CN(C)c1cc(C)nc(C(C)C)n1. The van der Waals surface area contributed by atoms with E-state index >= 15 is 0 Å². The first-order chi connectivity index (χ1) is 8.43. The molecule has 0 aliphatic heterocycles. The molecule has 1 unspecified atom stereocenters. The van der Waals surface area contributed by atoms with Crippen LogP contribution in [-0.2, 0) is 4.74 Å². The molecule has 0 aliphatic carbocycles. The highest BCUT2D eigenvalue weighted by Gasteiger charge is 2.12. The van der Waals surface area contributed by atoms with Gasteiger partial charge < -0.3 is 14.7 Å². The van der Waals surface area contributed by atoms with Gasteiger partial charge >= 0.3 is 0 Å². The van der Waals surface area contributed by atoms with E-state index in [-0.39, 0.29) is 0 Å². The number of aromatic nitrogens is 2. The van der Waals surface area contributed by atoms with Gasteiger partial charge in [-0.2, -0.15) is 0 Å². The van der Waals surface area contributed by atoms with E-state index < -0.39 is 6.10 Å². The monoisotopic (exact) mass is 253 g/mol. The molecule has 0 radical (unpaired) electrons. The van der Waals surface area contributed by atoms with Crippen molar-refractivity contribution in [2.75, 3.05) is 32.2 Å². The molecule has 5 nitrogen and oxygen atoms in total. The van der Waals surface area contributed by atoms with Crippen LogP contribution in [0.5, 0.6) is 0 Å². The number of ether oxygens (including phenoxy) is 1. The maximum Gasteiger partial charge on any atom is 0.133 e. The van der Waals surface area contributed by atoms with Gasteiger partial charge in [-0.25, -0.2) is 9.97 Å². The van der Waals surface area contributed by atoms with Gasteiger partial charge in [0.25, 0.3) is 0 Å². The molecule has 0 aromatic carbocycles. The number of aryl methyl sites for hydroxylation is 1. The van der Waals surface area contributed by atoms with E-state index in [1.54, 1.807) is 7.11 Å². The van der Waals surface area contributed by atoms with Crippen LogP contribution in [0.1, 0.15) is 31.3 Å². The van der Waals surface area contributed by atoms with Crippen LogP contribution in [0.25, 0.3) is 0 Å². The standard InChI is InChI=1S/C13H23N3O2/c1-9(2)13-14-10(3)6-12(15-13)16(4)7-11(17)8-18-5/h6,9,11,17H,7-8H2,1-5H3. The van der Waals surface area contributed by atoms with Crippen LogP contribution in [-0.4, -0.2) is 48.5 Å². The molecule has 102 valence electrons. The normalized spacial score (nSPS) is 12.8. The first-order valence-electron chi connectivity index (χ1n) is 6.17. The zero-order valence-corrected chi connectivity index (χ0v) is 11.8. The summed E-state index contributed by atoms with van der Waals surface area (Å²) >= 11 is 0. The average Bonchev–Trinajstić information content (AvgIpc) is 2.28. The van der Waals surface area contributed by atoms with E-state index in [4.69, 9.17) is 4.74 Å². The lowest BCUT2D eigenvalue weighted by atomic mass is 10.2. The molecule has 1 N–H and O–H groups in total. The fourth-order valence-electron chi connectivity index (χ4n) is 1.68. The van der Waals surface area contributed by atoms with Crippen molar-refractivity contribution in [1.29, 1.82) is 0 Å². The maximum atomic E-state index is 9.72. The van der Waals surface area contributed by atoms with Crippen LogP contribution < -0.4 is 4.90 Å². The summed E-state index contributed by atoms with van der Waals surface area (Å²) in [6, 6.07) is 1.92. The summed E-state index contributed by atoms with van der Waals surface area (Å²) in [7, 11) is 3.49. The fraction of sp³-hybridized carbons (Fsp3) is 0.692. The van der Waals surface area contributed by atoms with Crippen molar-refractivity contribution in [3.05, 3.63) is 17.6 Å². The molecule has 0 saturated carbocycles. The van der Waals surface area contributed by atoms with Crippen molar-refractivity contribution >= 4 is 5.82 Å². The van der Waals surface area contributed by atoms with Crippen molar-refractivity contribution in [2.45, 2.75) is 32.8 Å². The molecule has 0 fully saturated rings. The number of nitrogens with zero attached hydrogens (tertiary/aromatic N) is 3. The molecule has 5 heteroatoms. The lowest BCUT2D eigenvalue weighted by Gasteiger charge is -2.22. The first-order valence-corrected chi connectivity index (χ1v) is 6.17. The van der Waals surface area contributed by atoms with Gasteiger partial charge in [0.1, 0.15) is 11.6 Å². The minimum atomic E-state index is -0.516. The predicted octanol–water partition coefficient (Wildman–Crippen LogP) is 1.35. The highest BCUT2D eigenvalue weighted by atomic mass is 16.5. The molecule has 0 aliphatic rings. The molecule has 0 spiro atoms. The number of aliphatic hydroxyl groups is 1. The van der Waals surface area contributed by atoms with Crippen LogP contribution in [0.15, 0.2) is 6.07 Å². The minimum absolute atomic E-state index is 0.293. The average molecular weight is 253 g/mol. The zero-order chi connectivity index (χ0) is 13.7. The Morgan fingerprint density at radius 2 is 2.06 bits per heavy atom. The number of anilines is 1. The van der Waals surface area contributed by atoms with Crippen molar-refractivity contribution in [3.63, 3.8) is 0 Å². The quantitative estimate of drug-likeness (QED) is 0.829. The summed E-state index contributed by atoms with van der Waals surface area (Å²) in [6.45, 7) is 6.90. The van der Waals surface area contributed by atoms with Crippen LogP contribution in [0.3, 0.4) is 0 Å². The Bertz CT molecular complexity index is 382. The Balaban J connectivity index is 2.81. The largest absolute Gasteiger partial charge is 0.389 e. The second-order valence-electron chi connectivity index (χ2n) is 4.87. The van der Waals surface area contributed by atoms with Crippen molar-refractivity contribution in [3.8, 4) is 0 Å². The summed E-state index contributed by atoms with van der Waals surface area (Å²) in [6.07, 6.45) is -0.516. The van der Waals surface area contributed by atoms with Gasteiger partial charge in [-0.1, -0.05) is 13.8 Å². The molecule has 1 atom stereocenters. The maximum absolute atomic E-state index is 9.72. The van der Waals surface area contributed by atoms with Crippen LogP contribution >= 0.6 is 0 Å². The third-order valence-electron chi connectivity index (χ3n) is 2.61. The highest BCUT2D eigenvalue weighted by molar-refractivity contribution is 5.39. The van der Waals surface area contributed by atoms with Crippen molar-refractivity contribution < 1.29 is 9.84 Å². The molecule has 1 aromatic heterocycles. The smallest absolute Gasteiger partial charge is 0.133 e. The van der Waals surface area contributed by atoms with Gasteiger partial charge in [0.2, 0.25) is 0 Å². The Morgan fingerprint density at radius 3 is 2.61 bits per heavy atom. The van der Waals surface area contributed by atoms with Crippen LogP contribution in [0, 0.1) is 6.92 Å². The molecule has 0 bridgehead atoms. The van der Waals surface area contributed by atoms with E-state index in [0.717, 1.165) is 17.3 Å². The summed E-state index contributed by atoms with van der Waals surface area (Å²) in [4.78, 5) is 10.8. The highest BCUT2D eigenvalue weighted by Crippen LogP contribution is 2.16. The Morgan fingerprint density at radius 1 is 1.39 bits per heavy atom. The van der Waals surface area contributed by atoms with E-state index in [9.17, 15) is 5.11 Å². The lowest BCUT2D eigenvalue weighted by Crippen LogP contribution is -2.32. The molecule has 0 saturated heterocycles. The number of methoxy groups -OCH3 is 1. The second-order valence-corrected chi connectivity index (χ2v) is 4.87. The van der Waals surface area contributed by atoms with Gasteiger partial charge in [0.15, 0.2) is 0 Å². The van der Waals surface area contributed by atoms with E-state index in [1.165, 1.54) is 0 Å². The number of likely N-dealkylation sites (N-methyl/N-ethyl adjacent to an activating group) is 1. The van der Waals surface area contributed by atoms with Crippen LogP contribution in [0.2, 0.25) is 0 Å². The molecule has 18 heavy (non-hydrogen) atoms. The number of hydrogen-bond donors (Lipinski definition) is 1. The molecular formula is C13H23N3O2. The molecular weight excluding hydrogens is 230 g/mol. The summed E-state index contributed by atoms with van der Waals surface area (Å²) in [5.41, 5.74) is 0.941. The Labute approximate surface area is 109 Å². The topological polar surface area (TPSA) is 58.5 Å². The predicted molar refractivity (Wildman–Crippen MR) is 72.0 cm³/mol. The van der Waals surface area contributed by atoms with Gasteiger partial charge in [0, 0.05) is 38.4 Å². The van der Waals surface area contributed by atoms with Gasteiger partial charge in [0.05, 0.1) is 12.7 Å². The van der Waals surface area contributed by atoms with E-state index in [2.05, 4.69) is 23.8 Å². The van der Waals surface area contributed by atoms with Crippen LogP contribution in [0.4, 0.5) is 5.82 Å². The van der Waals surface area contributed by atoms with Crippen molar-refractivity contribution in [1.82, 2.24) is 9.97 Å². The summed E-state index contributed by atoms with van der Waals surface area (Å²) in [5.74, 6) is 1.96. The molecule has 1 aromatic rings. The van der Waals surface area contributed by atoms with Gasteiger partial charge in [-0.05, 0) is 6.92 Å². The third-order valence-corrected chi connectivity index (χ3v) is 2.61. The minimum Gasteiger partial charge on any atom is -0.389 e. The number of rotatable bonds is 6. The molecule has 1 heterocycles. The van der Waals surface area contributed by atoms with Gasteiger partial charge in [-0.3, -0.25) is 0 Å². The van der Waals surface area contributed by atoms with E-state index in [1.807, 2.05) is 24.9 Å². The Kier molecular flexibility index (Phi) is 5.50. The zero-order valence-electron chi connectivity index (χ0n) is 11.8. The summed E-state index contributed by atoms with van der Waals surface area (Å²) in [5, 5.41) is 9.72. The molecule has 1 rings (SSSR count). The fourth-order valence-corrected chi connectivity index (χ4v) is 1.68.